The Morgan fingerprint density at radius 2 is 2.08 bits per heavy atom. The van der Waals surface area contributed by atoms with Gasteiger partial charge in [0.1, 0.15) is 6.07 Å². The quantitative estimate of drug-likeness (QED) is 0.716. The van der Waals surface area contributed by atoms with Gasteiger partial charge in [-0.2, -0.15) is 5.26 Å². The van der Waals surface area contributed by atoms with Crippen molar-refractivity contribution in [1.82, 2.24) is 0 Å². The third-order valence-corrected chi connectivity index (χ3v) is 2.44. The summed E-state index contributed by atoms with van der Waals surface area (Å²) >= 11 is 3.35. The number of benzene rings is 1. The van der Waals surface area contributed by atoms with Crippen molar-refractivity contribution in [2.24, 2.45) is 0 Å². The number of rotatable bonds is 1. The summed E-state index contributed by atoms with van der Waals surface area (Å²) in [6.07, 6.45) is 0. The summed E-state index contributed by atoms with van der Waals surface area (Å²) < 4.78 is 0.885. The second kappa shape index (κ2) is 3.73. The highest BCUT2D eigenvalue weighted by Crippen LogP contribution is 2.25. The molecule has 1 aromatic carbocycles. The van der Waals surface area contributed by atoms with E-state index in [0.717, 1.165) is 15.6 Å². The zero-order valence-electron chi connectivity index (χ0n) is 7.13. The molecule has 0 bridgehead atoms. The highest BCUT2D eigenvalue weighted by molar-refractivity contribution is 9.10. The third-order valence-electron chi connectivity index (χ3n) is 1.78. The maximum absolute atomic E-state index is 8.87. The Morgan fingerprint density at radius 1 is 1.42 bits per heavy atom. The average molecular weight is 224 g/mol. The van der Waals surface area contributed by atoms with Gasteiger partial charge in [0.2, 0.25) is 0 Å². The topological polar surface area (TPSA) is 23.8 Å². The van der Waals surface area contributed by atoms with Gasteiger partial charge in [0.05, 0.1) is 5.56 Å². The average Bonchev–Trinajstić information content (AvgIpc) is 2.03. The van der Waals surface area contributed by atoms with E-state index >= 15 is 0 Å². The summed E-state index contributed by atoms with van der Waals surface area (Å²) in [6.45, 7) is 4.17. The van der Waals surface area contributed by atoms with Gasteiger partial charge in [0, 0.05) is 4.47 Å². The molecule has 0 spiro atoms. The van der Waals surface area contributed by atoms with E-state index in [-0.39, 0.29) is 0 Å². The molecule has 0 unspecified atom stereocenters. The van der Waals surface area contributed by atoms with Crippen molar-refractivity contribution in [3.8, 4) is 6.07 Å². The summed E-state index contributed by atoms with van der Waals surface area (Å²) in [4.78, 5) is 0. The van der Waals surface area contributed by atoms with Crippen LogP contribution in [0.25, 0.3) is 0 Å². The van der Waals surface area contributed by atoms with Gasteiger partial charge in [-0.15, -0.1) is 0 Å². The number of nitriles is 1. The van der Waals surface area contributed by atoms with Crippen LogP contribution >= 0.6 is 15.9 Å². The van der Waals surface area contributed by atoms with Crippen LogP contribution < -0.4 is 0 Å². The first-order valence-electron chi connectivity index (χ1n) is 3.85. The molecule has 0 aromatic heterocycles. The lowest BCUT2D eigenvalue weighted by molar-refractivity contribution is 0.861. The maximum Gasteiger partial charge on any atom is 0.101 e. The van der Waals surface area contributed by atoms with Gasteiger partial charge in [-0.1, -0.05) is 26.0 Å². The Balaban J connectivity index is 3.30. The predicted octanol–water partition coefficient (Wildman–Crippen LogP) is 3.44. The van der Waals surface area contributed by atoms with Gasteiger partial charge < -0.3 is 0 Å². The van der Waals surface area contributed by atoms with Gasteiger partial charge in [-0.05, 0) is 33.5 Å². The monoisotopic (exact) mass is 223 g/mol. The van der Waals surface area contributed by atoms with Gasteiger partial charge in [0.15, 0.2) is 0 Å². The van der Waals surface area contributed by atoms with Crippen LogP contribution in [-0.4, -0.2) is 0 Å². The molecule has 0 aliphatic carbocycles. The Hall–Kier alpha value is -0.810. The maximum atomic E-state index is 8.87. The number of hydrogen-bond donors (Lipinski definition) is 0. The lowest BCUT2D eigenvalue weighted by atomic mass is 9.98. The Labute approximate surface area is 81.2 Å². The molecule has 0 heterocycles. The van der Waals surface area contributed by atoms with Crippen molar-refractivity contribution in [1.29, 1.82) is 5.26 Å². The van der Waals surface area contributed by atoms with Crippen molar-refractivity contribution in [3.05, 3.63) is 33.8 Å². The van der Waals surface area contributed by atoms with Gasteiger partial charge in [0.25, 0.3) is 0 Å². The second-order valence-electron chi connectivity index (χ2n) is 2.97. The molecule has 0 N–H and O–H groups in total. The van der Waals surface area contributed by atoms with Crippen LogP contribution in [0, 0.1) is 11.3 Å². The Kier molecular flexibility index (Phi) is 2.88. The molecule has 1 aromatic rings. The molecule has 62 valence electrons. The predicted molar refractivity (Wildman–Crippen MR) is 52.9 cm³/mol. The molecule has 0 atom stereocenters. The fourth-order valence-electron chi connectivity index (χ4n) is 1.14. The van der Waals surface area contributed by atoms with E-state index in [1.54, 1.807) is 0 Å². The number of hydrogen-bond acceptors (Lipinski definition) is 1. The fraction of sp³-hybridized carbons (Fsp3) is 0.300. The first kappa shape index (κ1) is 9.28. The van der Waals surface area contributed by atoms with Crippen molar-refractivity contribution in [2.75, 3.05) is 0 Å². The zero-order chi connectivity index (χ0) is 9.14. The largest absolute Gasteiger partial charge is 0.192 e. The molecule has 1 rings (SSSR count). The summed E-state index contributed by atoms with van der Waals surface area (Å²) in [5.74, 6) is 0.400. The lowest BCUT2D eigenvalue weighted by Gasteiger charge is -2.07. The molecule has 12 heavy (non-hydrogen) atoms. The third kappa shape index (κ3) is 1.67. The highest BCUT2D eigenvalue weighted by atomic mass is 79.9. The van der Waals surface area contributed by atoms with Crippen molar-refractivity contribution in [2.45, 2.75) is 19.8 Å². The normalized spacial score (nSPS) is 9.92. The molecular weight excluding hydrogens is 214 g/mol. The van der Waals surface area contributed by atoms with E-state index in [9.17, 15) is 0 Å². The minimum absolute atomic E-state index is 0.400. The molecule has 0 amide bonds. The van der Waals surface area contributed by atoms with Crippen molar-refractivity contribution < 1.29 is 0 Å². The molecular formula is C10H10BrN. The van der Waals surface area contributed by atoms with Crippen LogP contribution in [0.3, 0.4) is 0 Å². The minimum atomic E-state index is 0.400. The molecule has 2 heteroatoms. The smallest absolute Gasteiger partial charge is 0.101 e. The van der Waals surface area contributed by atoms with Crippen LogP contribution in [0.4, 0.5) is 0 Å². The van der Waals surface area contributed by atoms with E-state index in [4.69, 9.17) is 5.26 Å². The standard InChI is InChI=1S/C10H10BrN/c1-7(2)8-4-3-5-10(11)9(8)6-12/h3-5,7H,1-2H3. The molecule has 0 saturated carbocycles. The molecule has 0 radical (unpaired) electrons. The summed E-state index contributed by atoms with van der Waals surface area (Å²) in [5, 5.41) is 8.87. The van der Waals surface area contributed by atoms with E-state index < -0.39 is 0 Å². The Bertz CT molecular complexity index is 323. The molecule has 1 nitrogen and oxygen atoms in total. The van der Waals surface area contributed by atoms with E-state index in [2.05, 4.69) is 35.8 Å². The minimum Gasteiger partial charge on any atom is -0.192 e. The van der Waals surface area contributed by atoms with Crippen LogP contribution in [0.1, 0.15) is 30.9 Å². The molecule has 0 fully saturated rings. The van der Waals surface area contributed by atoms with E-state index in [1.165, 1.54) is 0 Å². The first-order valence-corrected chi connectivity index (χ1v) is 4.64. The summed E-state index contributed by atoms with van der Waals surface area (Å²) in [7, 11) is 0. The fourth-order valence-corrected chi connectivity index (χ4v) is 1.61. The zero-order valence-corrected chi connectivity index (χ0v) is 8.72. The molecule has 0 aliphatic heterocycles. The molecule has 0 aliphatic rings. The van der Waals surface area contributed by atoms with Crippen LogP contribution in [0.15, 0.2) is 22.7 Å². The van der Waals surface area contributed by atoms with E-state index in [1.807, 2.05) is 18.2 Å². The van der Waals surface area contributed by atoms with E-state index in [0.29, 0.717) is 5.92 Å². The Morgan fingerprint density at radius 3 is 2.50 bits per heavy atom. The SMILES string of the molecule is CC(C)c1cccc(Br)c1C#N. The summed E-state index contributed by atoms with van der Waals surface area (Å²) in [6, 6.07) is 8.04. The van der Waals surface area contributed by atoms with Gasteiger partial charge in [-0.25, -0.2) is 0 Å². The molecule has 0 saturated heterocycles. The summed E-state index contributed by atoms with van der Waals surface area (Å²) in [5.41, 5.74) is 1.86. The highest BCUT2D eigenvalue weighted by Gasteiger charge is 2.07. The number of nitrogens with zero attached hydrogens (tertiary/aromatic N) is 1. The lowest BCUT2D eigenvalue weighted by Crippen LogP contribution is -1.92. The van der Waals surface area contributed by atoms with Crippen LogP contribution in [0.2, 0.25) is 0 Å². The van der Waals surface area contributed by atoms with Crippen LogP contribution in [-0.2, 0) is 0 Å². The number of halogens is 1. The van der Waals surface area contributed by atoms with Crippen molar-refractivity contribution >= 4 is 15.9 Å². The van der Waals surface area contributed by atoms with Gasteiger partial charge in [-0.3, -0.25) is 0 Å². The second-order valence-corrected chi connectivity index (χ2v) is 3.82. The van der Waals surface area contributed by atoms with Gasteiger partial charge >= 0.3 is 0 Å². The van der Waals surface area contributed by atoms with Crippen molar-refractivity contribution in [3.63, 3.8) is 0 Å². The van der Waals surface area contributed by atoms with Crippen LogP contribution in [0.5, 0.6) is 0 Å². The first-order chi connectivity index (χ1) is 5.66.